The summed E-state index contributed by atoms with van der Waals surface area (Å²) in [6.07, 6.45) is 2.67. The molecule has 3 rings (SSSR count). The van der Waals surface area contributed by atoms with E-state index < -0.39 is 15.9 Å². The first-order chi connectivity index (χ1) is 14.3. The summed E-state index contributed by atoms with van der Waals surface area (Å²) in [5.41, 5.74) is 5.79. The SMILES string of the molecule is Cc1ccc(/C=N\NC(=O)c2ccccc2N(Cc2ccccc2)S(C)(=O)=O)cc1. The number of carbonyl (C=O) groups is 1. The van der Waals surface area contributed by atoms with E-state index in [0.29, 0.717) is 5.69 Å². The van der Waals surface area contributed by atoms with Crippen molar-refractivity contribution in [3.05, 3.63) is 101 Å². The number of nitrogens with one attached hydrogen (secondary N) is 1. The van der Waals surface area contributed by atoms with Crippen molar-refractivity contribution in [3.63, 3.8) is 0 Å². The van der Waals surface area contributed by atoms with Crippen LogP contribution in [0, 0.1) is 6.92 Å². The van der Waals surface area contributed by atoms with Crippen molar-refractivity contribution in [2.45, 2.75) is 13.5 Å². The van der Waals surface area contributed by atoms with Gasteiger partial charge in [-0.3, -0.25) is 9.10 Å². The standard InChI is InChI=1S/C23H23N3O3S/c1-18-12-14-19(15-13-18)16-24-25-23(27)21-10-6-7-11-22(21)26(30(2,28)29)17-20-8-4-3-5-9-20/h3-16H,17H2,1-2H3,(H,25,27)/b24-16-. The Bertz CT molecular complexity index is 1140. The average Bonchev–Trinajstić information content (AvgIpc) is 2.73. The molecule has 0 radical (unpaired) electrons. The van der Waals surface area contributed by atoms with E-state index in [1.165, 1.54) is 10.5 Å². The number of para-hydroxylation sites is 1. The smallest absolute Gasteiger partial charge is 0.267 e. The van der Waals surface area contributed by atoms with E-state index in [0.717, 1.165) is 22.9 Å². The monoisotopic (exact) mass is 421 g/mol. The van der Waals surface area contributed by atoms with Crippen molar-refractivity contribution < 1.29 is 13.2 Å². The van der Waals surface area contributed by atoms with Crippen molar-refractivity contribution in [3.8, 4) is 0 Å². The molecule has 0 aliphatic heterocycles. The molecule has 0 fully saturated rings. The lowest BCUT2D eigenvalue weighted by molar-refractivity contribution is 0.0956. The molecule has 0 saturated heterocycles. The number of rotatable bonds is 7. The second kappa shape index (κ2) is 9.37. The minimum absolute atomic E-state index is 0.122. The van der Waals surface area contributed by atoms with Gasteiger partial charge in [-0.1, -0.05) is 72.3 Å². The van der Waals surface area contributed by atoms with Crippen molar-refractivity contribution in [2.75, 3.05) is 10.6 Å². The maximum atomic E-state index is 12.7. The second-order valence-corrected chi connectivity index (χ2v) is 8.79. The summed E-state index contributed by atoms with van der Waals surface area (Å²) >= 11 is 0. The maximum Gasteiger partial charge on any atom is 0.273 e. The van der Waals surface area contributed by atoms with Gasteiger partial charge >= 0.3 is 0 Å². The molecule has 0 spiro atoms. The third-order valence-corrected chi connectivity index (χ3v) is 5.57. The van der Waals surface area contributed by atoms with Gasteiger partial charge in [0.25, 0.3) is 5.91 Å². The number of aryl methyl sites for hydroxylation is 1. The molecular formula is C23H23N3O3S. The Balaban J connectivity index is 1.85. The Morgan fingerprint density at radius 2 is 1.60 bits per heavy atom. The van der Waals surface area contributed by atoms with E-state index in [9.17, 15) is 13.2 Å². The first kappa shape index (κ1) is 21.3. The van der Waals surface area contributed by atoms with Crippen LogP contribution < -0.4 is 9.73 Å². The third kappa shape index (κ3) is 5.55. The number of benzene rings is 3. The van der Waals surface area contributed by atoms with Crippen LogP contribution in [0.5, 0.6) is 0 Å². The summed E-state index contributed by atoms with van der Waals surface area (Å²) in [6, 6.07) is 23.5. The van der Waals surface area contributed by atoms with Crippen LogP contribution in [0.2, 0.25) is 0 Å². The molecular weight excluding hydrogens is 398 g/mol. The highest BCUT2D eigenvalue weighted by Crippen LogP contribution is 2.25. The Hall–Kier alpha value is -3.45. The van der Waals surface area contributed by atoms with Crippen LogP contribution in [0.25, 0.3) is 0 Å². The molecule has 3 aromatic rings. The summed E-state index contributed by atoms with van der Waals surface area (Å²) in [5, 5.41) is 4.00. The van der Waals surface area contributed by atoms with Crippen molar-refractivity contribution in [1.29, 1.82) is 0 Å². The second-order valence-electron chi connectivity index (χ2n) is 6.88. The van der Waals surface area contributed by atoms with Crippen molar-refractivity contribution >= 4 is 27.8 Å². The van der Waals surface area contributed by atoms with E-state index in [-0.39, 0.29) is 12.1 Å². The van der Waals surface area contributed by atoms with Gasteiger partial charge in [0.05, 0.1) is 30.3 Å². The first-order valence-electron chi connectivity index (χ1n) is 9.35. The molecule has 154 valence electrons. The zero-order chi connectivity index (χ0) is 21.6. The lowest BCUT2D eigenvalue weighted by Gasteiger charge is -2.24. The molecule has 1 N–H and O–H groups in total. The molecule has 1 amide bonds. The molecule has 6 nitrogen and oxygen atoms in total. The highest BCUT2D eigenvalue weighted by atomic mass is 32.2. The molecule has 0 unspecified atom stereocenters. The van der Waals surface area contributed by atoms with Gasteiger partial charge in [-0.15, -0.1) is 0 Å². The summed E-state index contributed by atoms with van der Waals surface area (Å²) in [6.45, 7) is 2.11. The molecule has 0 atom stereocenters. The van der Waals surface area contributed by atoms with E-state index in [1.807, 2.05) is 61.5 Å². The van der Waals surface area contributed by atoms with E-state index in [1.54, 1.807) is 24.3 Å². The van der Waals surface area contributed by atoms with E-state index in [2.05, 4.69) is 10.5 Å². The lowest BCUT2D eigenvalue weighted by atomic mass is 10.1. The number of amides is 1. The molecule has 3 aromatic carbocycles. The van der Waals surface area contributed by atoms with Gasteiger partial charge in [0.15, 0.2) is 0 Å². The molecule has 0 aliphatic carbocycles. The number of sulfonamides is 1. The van der Waals surface area contributed by atoms with E-state index >= 15 is 0 Å². The lowest BCUT2D eigenvalue weighted by Crippen LogP contribution is -2.32. The Kier molecular flexibility index (Phi) is 6.64. The van der Waals surface area contributed by atoms with Gasteiger partial charge in [-0.25, -0.2) is 13.8 Å². The number of carbonyl (C=O) groups excluding carboxylic acids is 1. The van der Waals surface area contributed by atoms with Crippen LogP contribution in [-0.2, 0) is 16.6 Å². The number of anilines is 1. The van der Waals surface area contributed by atoms with Crippen LogP contribution in [0.4, 0.5) is 5.69 Å². The molecule has 30 heavy (non-hydrogen) atoms. The Morgan fingerprint density at radius 1 is 0.967 bits per heavy atom. The fourth-order valence-electron chi connectivity index (χ4n) is 2.89. The van der Waals surface area contributed by atoms with Crippen LogP contribution in [-0.4, -0.2) is 26.8 Å². The predicted molar refractivity (Wildman–Crippen MR) is 120 cm³/mol. The molecule has 0 heterocycles. The summed E-state index contributed by atoms with van der Waals surface area (Å²) in [7, 11) is -3.62. The summed E-state index contributed by atoms with van der Waals surface area (Å²) < 4.78 is 26.2. The summed E-state index contributed by atoms with van der Waals surface area (Å²) in [5.74, 6) is -0.490. The molecule has 7 heteroatoms. The highest BCUT2D eigenvalue weighted by molar-refractivity contribution is 7.92. The molecule has 0 aliphatic rings. The topological polar surface area (TPSA) is 78.8 Å². The number of hydrogen-bond donors (Lipinski definition) is 1. The maximum absolute atomic E-state index is 12.7. The average molecular weight is 422 g/mol. The van der Waals surface area contributed by atoms with Gasteiger partial charge in [-0.2, -0.15) is 5.10 Å². The Labute approximate surface area is 176 Å². The van der Waals surface area contributed by atoms with Gasteiger partial charge in [0.2, 0.25) is 10.0 Å². The van der Waals surface area contributed by atoms with Gasteiger partial charge in [-0.05, 0) is 30.2 Å². The molecule has 0 bridgehead atoms. The normalized spacial score (nSPS) is 11.4. The summed E-state index contributed by atoms with van der Waals surface area (Å²) in [4.78, 5) is 12.7. The molecule has 0 aromatic heterocycles. The quantitative estimate of drug-likeness (QED) is 0.466. The number of hydrazone groups is 1. The number of hydrogen-bond acceptors (Lipinski definition) is 4. The minimum atomic E-state index is -3.62. The minimum Gasteiger partial charge on any atom is -0.267 e. The Morgan fingerprint density at radius 3 is 2.27 bits per heavy atom. The van der Waals surface area contributed by atoms with Crippen LogP contribution in [0.1, 0.15) is 27.0 Å². The molecule has 0 saturated carbocycles. The van der Waals surface area contributed by atoms with Crippen molar-refractivity contribution in [1.82, 2.24) is 5.43 Å². The number of nitrogens with zero attached hydrogens (tertiary/aromatic N) is 2. The van der Waals surface area contributed by atoms with Crippen LogP contribution in [0.15, 0.2) is 84.0 Å². The fraction of sp³-hybridized carbons (Fsp3) is 0.130. The predicted octanol–water partition coefficient (Wildman–Crippen LogP) is 3.73. The van der Waals surface area contributed by atoms with E-state index in [4.69, 9.17) is 0 Å². The zero-order valence-corrected chi connectivity index (χ0v) is 17.6. The zero-order valence-electron chi connectivity index (χ0n) is 16.8. The van der Waals surface area contributed by atoms with Crippen molar-refractivity contribution in [2.24, 2.45) is 5.10 Å². The van der Waals surface area contributed by atoms with Gasteiger partial charge < -0.3 is 0 Å². The first-order valence-corrected chi connectivity index (χ1v) is 11.2. The fourth-order valence-corrected chi connectivity index (χ4v) is 3.79. The van der Waals surface area contributed by atoms with Crippen LogP contribution >= 0.6 is 0 Å². The van der Waals surface area contributed by atoms with Gasteiger partial charge in [0.1, 0.15) is 0 Å². The largest absolute Gasteiger partial charge is 0.273 e. The van der Waals surface area contributed by atoms with Crippen LogP contribution in [0.3, 0.4) is 0 Å². The highest BCUT2D eigenvalue weighted by Gasteiger charge is 2.23. The third-order valence-electron chi connectivity index (χ3n) is 4.44. The van der Waals surface area contributed by atoms with Gasteiger partial charge in [0, 0.05) is 0 Å².